The second kappa shape index (κ2) is 4.29. The van der Waals surface area contributed by atoms with Gasteiger partial charge in [-0.05, 0) is 11.8 Å². The Morgan fingerprint density at radius 3 is 1.92 bits per heavy atom. The summed E-state index contributed by atoms with van der Waals surface area (Å²) in [5, 5.41) is 0. The standard InChI is InChI=1S/C9H16F4/c1-4-5-8(2,3)6-9(12,13)7(10)11/h7H,4-6H2,1-3H3. The Hall–Kier alpha value is -0.280. The van der Waals surface area contributed by atoms with Crippen molar-refractivity contribution in [2.45, 2.75) is 52.4 Å². The summed E-state index contributed by atoms with van der Waals surface area (Å²) in [6.45, 7) is 5.03. The van der Waals surface area contributed by atoms with Gasteiger partial charge in [0, 0.05) is 6.42 Å². The average molecular weight is 200 g/mol. The minimum atomic E-state index is -3.85. The van der Waals surface area contributed by atoms with Gasteiger partial charge in [-0.2, -0.15) is 0 Å². The largest absolute Gasteiger partial charge is 0.308 e. The summed E-state index contributed by atoms with van der Waals surface area (Å²) in [6, 6.07) is 0. The smallest absolute Gasteiger partial charge is 0.204 e. The minimum Gasteiger partial charge on any atom is -0.204 e. The van der Waals surface area contributed by atoms with Crippen LogP contribution in [-0.2, 0) is 0 Å². The van der Waals surface area contributed by atoms with E-state index in [1.54, 1.807) is 13.8 Å². The molecule has 0 spiro atoms. The monoisotopic (exact) mass is 200 g/mol. The zero-order valence-corrected chi connectivity index (χ0v) is 8.21. The highest BCUT2D eigenvalue weighted by molar-refractivity contribution is 4.79. The van der Waals surface area contributed by atoms with Crippen LogP contribution in [0.5, 0.6) is 0 Å². The molecule has 0 aliphatic rings. The quantitative estimate of drug-likeness (QED) is 0.586. The van der Waals surface area contributed by atoms with Gasteiger partial charge in [0.05, 0.1) is 0 Å². The zero-order chi connectivity index (χ0) is 10.7. The lowest BCUT2D eigenvalue weighted by Gasteiger charge is -2.28. The van der Waals surface area contributed by atoms with Gasteiger partial charge in [0.1, 0.15) is 0 Å². The molecule has 0 N–H and O–H groups in total. The normalized spacial score (nSPS) is 13.8. The van der Waals surface area contributed by atoms with Crippen LogP contribution in [0.15, 0.2) is 0 Å². The van der Waals surface area contributed by atoms with Gasteiger partial charge >= 0.3 is 12.3 Å². The Kier molecular flexibility index (Phi) is 4.20. The van der Waals surface area contributed by atoms with E-state index < -0.39 is 24.2 Å². The number of halogens is 4. The molecule has 0 heterocycles. The van der Waals surface area contributed by atoms with Crippen molar-refractivity contribution in [2.24, 2.45) is 5.41 Å². The van der Waals surface area contributed by atoms with E-state index in [4.69, 9.17) is 0 Å². The molecule has 4 heteroatoms. The van der Waals surface area contributed by atoms with E-state index in [1.165, 1.54) is 0 Å². The van der Waals surface area contributed by atoms with Gasteiger partial charge < -0.3 is 0 Å². The third-order valence-corrected chi connectivity index (χ3v) is 1.96. The fraction of sp³-hybridized carbons (Fsp3) is 1.00. The number of hydrogen-bond donors (Lipinski definition) is 0. The van der Waals surface area contributed by atoms with Crippen molar-refractivity contribution >= 4 is 0 Å². The molecule has 0 saturated heterocycles. The van der Waals surface area contributed by atoms with E-state index in [1.807, 2.05) is 6.92 Å². The lowest BCUT2D eigenvalue weighted by molar-refractivity contribution is -0.149. The van der Waals surface area contributed by atoms with Crippen molar-refractivity contribution in [1.29, 1.82) is 0 Å². The van der Waals surface area contributed by atoms with Gasteiger partial charge in [-0.25, -0.2) is 17.6 Å². The van der Waals surface area contributed by atoms with Gasteiger partial charge in [-0.1, -0.05) is 27.2 Å². The molecule has 80 valence electrons. The van der Waals surface area contributed by atoms with E-state index in [-0.39, 0.29) is 0 Å². The SMILES string of the molecule is CCCC(C)(C)CC(F)(F)C(F)F. The Balaban J connectivity index is 4.24. The van der Waals surface area contributed by atoms with Crippen molar-refractivity contribution in [3.8, 4) is 0 Å². The first-order valence-electron chi connectivity index (χ1n) is 4.37. The highest BCUT2D eigenvalue weighted by Gasteiger charge is 2.44. The minimum absolute atomic E-state index is 0.537. The Labute approximate surface area is 76.3 Å². The predicted octanol–water partition coefficient (Wildman–Crippen LogP) is 4.10. The fourth-order valence-corrected chi connectivity index (χ4v) is 1.48. The predicted molar refractivity (Wildman–Crippen MR) is 44.3 cm³/mol. The second-order valence-corrected chi connectivity index (χ2v) is 4.15. The third kappa shape index (κ3) is 4.48. The second-order valence-electron chi connectivity index (χ2n) is 4.15. The molecule has 0 aliphatic heterocycles. The van der Waals surface area contributed by atoms with Crippen molar-refractivity contribution in [1.82, 2.24) is 0 Å². The molecule has 0 nitrogen and oxygen atoms in total. The maximum absolute atomic E-state index is 12.6. The van der Waals surface area contributed by atoms with Crippen LogP contribution in [0.4, 0.5) is 17.6 Å². The van der Waals surface area contributed by atoms with E-state index in [9.17, 15) is 17.6 Å². The van der Waals surface area contributed by atoms with Crippen molar-refractivity contribution in [2.75, 3.05) is 0 Å². The van der Waals surface area contributed by atoms with Crippen LogP contribution in [0.3, 0.4) is 0 Å². The summed E-state index contributed by atoms with van der Waals surface area (Å²) in [6.07, 6.45) is -3.03. The molecule has 0 aromatic rings. The number of alkyl halides is 4. The zero-order valence-electron chi connectivity index (χ0n) is 8.21. The van der Waals surface area contributed by atoms with E-state index in [0.717, 1.165) is 6.42 Å². The van der Waals surface area contributed by atoms with Crippen LogP contribution in [0.1, 0.15) is 40.0 Å². The van der Waals surface area contributed by atoms with Crippen molar-refractivity contribution in [3.63, 3.8) is 0 Å². The van der Waals surface area contributed by atoms with Crippen molar-refractivity contribution in [3.05, 3.63) is 0 Å². The molecule has 0 saturated carbocycles. The summed E-state index contributed by atoms with van der Waals surface area (Å²) in [7, 11) is 0. The van der Waals surface area contributed by atoms with Gasteiger partial charge in [0.15, 0.2) is 0 Å². The summed E-state index contributed by atoms with van der Waals surface area (Å²) in [5.41, 5.74) is -0.714. The molecule has 0 atom stereocenters. The van der Waals surface area contributed by atoms with E-state index in [0.29, 0.717) is 6.42 Å². The molecule has 0 aromatic heterocycles. The van der Waals surface area contributed by atoms with Crippen molar-refractivity contribution < 1.29 is 17.6 Å². The van der Waals surface area contributed by atoms with Crippen LogP contribution in [0.25, 0.3) is 0 Å². The molecule has 0 aliphatic carbocycles. The van der Waals surface area contributed by atoms with E-state index >= 15 is 0 Å². The molecular formula is C9H16F4. The van der Waals surface area contributed by atoms with Gasteiger partial charge in [0.2, 0.25) is 0 Å². The first-order valence-corrected chi connectivity index (χ1v) is 4.37. The maximum Gasteiger partial charge on any atom is 0.308 e. The highest BCUT2D eigenvalue weighted by Crippen LogP contribution is 2.38. The molecule has 0 unspecified atom stereocenters. The third-order valence-electron chi connectivity index (χ3n) is 1.96. The molecule has 0 rings (SSSR count). The first-order chi connectivity index (χ1) is 5.71. The Morgan fingerprint density at radius 1 is 1.15 bits per heavy atom. The van der Waals surface area contributed by atoms with Gasteiger partial charge in [0.25, 0.3) is 0 Å². The van der Waals surface area contributed by atoms with E-state index in [2.05, 4.69) is 0 Å². The van der Waals surface area contributed by atoms with Crippen LogP contribution >= 0.6 is 0 Å². The molecule has 0 amide bonds. The summed E-state index contributed by atoms with van der Waals surface area (Å²) >= 11 is 0. The highest BCUT2D eigenvalue weighted by atomic mass is 19.3. The topological polar surface area (TPSA) is 0 Å². The average Bonchev–Trinajstić information content (AvgIpc) is 1.83. The van der Waals surface area contributed by atoms with Gasteiger partial charge in [-0.3, -0.25) is 0 Å². The number of hydrogen-bond acceptors (Lipinski definition) is 0. The summed E-state index contributed by atoms with van der Waals surface area (Å²) < 4.78 is 48.9. The Morgan fingerprint density at radius 2 is 1.62 bits per heavy atom. The first kappa shape index (κ1) is 12.7. The molecule has 0 aromatic carbocycles. The number of rotatable bonds is 5. The van der Waals surface area contributed by atoms with Crippen LogP contribution in [0, 0.1) is 5.41 Å². The lowest BCUT2D eigenvalue weighted by atomic mass is 9.82. The maximum atomic E-state index is 12.6. The van der Waals surface area contributed by atoms with Crippen LogP contribution in [-0.4, -0.2) is 12.3 Å². The summed E-state index contributed by atoms with van der Waals surface area (Å²) in [5.74, 6) is -3.85. The molecule has 0 bridgehead atoms. The Bertz CT molecular complexity index is 152. The van der Waals surface area contributed by atoms with Gasteiger partial charge in [-0.15, -0.1) is 0 Å². The molecule has 0 radical (unpaired) electrons. The lowest BCUT2D eigenvalue weighted by Crippen LogP contribution is -2.32. The summed E-state index contributed by atoms with van der Waals surface area (Å²) in [4.78, 5) is 0. The molecular weight excluding hydrogens is 184 g/mol. The van der Waals surface area contributed by atoms with Crippen LogP contribution in [0.2, 0.25) is 0 Å². The molecule has 13 heavy (non-hydrogen) atoms. The van der Waals surface area contributed by atoms with Crippen LogP contribution < -0.4 is 0 Å². The molecule has 0 fully saturated rings. The fourth-order valence-electron chi connectivity index (χ4n) is 1.48.